The van der Waals surface area contributed by atoms with Crippen molar-refractivity contribution < 1.29 is 24.5 Å². The minimum absolute atomic E-state index is 0.00126. The van der Waals surface area contributed by atoms with E-state index in [2.05, 4.69) is 31.3 Å². The zero-order valence-electron chi connectivity index (χ0n) is 44.0. The molecule has 1 amide bonds. The number of nitrogens with one attached hydrogen (secondary N) is 1. The van der Waals surface area contributed by atoms with Crippen LogP contribution in [-0.4, -0.2) is 47.4 Å². The first-order valence-electron chi connectivity index (χ1n) is 29.4. The second kappa shape index (κ2) is 55.2. The molecule has 65 heavy (non-hydrogen) atoms. The first-order valence-corrected chi connectivity index (χ1v) is 29.4. The van der Waals surface area contributed by atoms with Gasteiger partial charge in [-0.3, -0.25) is 9.59 Å². The van der Waals surface area contributed by atoms with E-state index in [1.165, 1.54) is 250 Å². The molecule has 0 aromatic rings. The molecule has 0 saturated carbocycles. The lowest BCUT2D eigenvalue weighted by Gasteiger charge is -2.22. The van der Waals surface area contributed by atoms with E-state index in [4.69, 9.17) is 4.74 Å². The average Bonchev–Trinajstić information content (AvgIpc) is 3.31. The number of hydrogen-bond acceptors (Lipinski definition) is 5. The Bertz CT molecular complexity index is 970. The van der Waals surface area contributed by atoms with Gasteiger partial charge in [-0.15, -0.1) is 0 Å². The van der Waals surface area contributed by atoms with E-state index in [0.29, 0.717) is 25.9 Å². The molecule has 6 heteroatoms. The molecule has 0 heterocycles. The van der Waals surface area contributed by atoms with Gasteiger partial charge in [-0.2, -0.15) is 0 Å². The fourth-order valence-corrected chi connectivity index (χ4v) is 9.28. The molecule has 0 aliphatic rings. The Hall–Kier alpha value is -1.40. The van der Waals surface area contributed by atoms with Gasteiger partial charge >= 0.3 is 5.97 Å². The Morgan fingerprint density at radius 2 is 0.723 bits per heavy atom. The van der Waals surface area contributed by atoms with Crippen molar-refractivity contribution in [1.82, 2.24) is 5.32 Å². The first-order chi connectivity index (χ1) is 32.0. The molecule has 0 spiro atoms. The molecule has 0 rings (SSSR count). The van der Waals surface area contributed by atoms with Crippen LogP contribution in [-0.2, 0) is 14.3 Å². The highest BCUT2D eigenvalue weighted by Gasteiger charge is 2.20. The van der Waals surface area contributed by atoms with Gasteiger partial charge in [-0.1, -0.05) is 276 Å². The summed E-state index contributed by atoms with van der Waals surface area (Å²) in [5.74, 6) is -0.0377. The van der Waals surface area contributed by atoms with Crippen LogP contribution in [0, 0.1) is 0 Å². The summed E-state index contributed by atoms with van der Waals surface area (Å²) >= 11 is 0. The number of ether oxygens (including phenoxy) is 1. The van der Waals surface area contributed by atoms with Crippen LogP contribution in [0.5, 0.6) is 0 Å². The minimum atomic E-state index is -0.666. The minimum Gasteiger partial charge on any atom is -0.466 e. The summed E-state index contributed by atoms with van der Waals surface area (Å²) < 4.78 is 5.47. The van der Waals surface area contributed by atoms with Gasteiger partial charge < -0.3 is 20.3 Å². The van der Waals surface area contributed by atoms with Crippen molar-refractivity contribution in [2.24, 2.45) is 0 Å². The van der Waals surface area contributed by atoms with Crippen molar-refractivity contribution in [1.29, 1.82) is 0 Å². The summed E-state index contributed by atoms with van der Waals surface area (Å²) in [6, 6.07) is -0.544. The van der Waals surface area contributed by atoms with Crippen molar-refractivity contribution in [3.8, 4) is 0 Å². The van der Waals surface area contributed by atoms with E-state index in [9.17, 15) is 19.8 Å². The molecular weight excluding hydrogens is 803 g/mol. The molecule has 0 radical (unpaired) electrons. The summed E-state index contributed by atoms with van der Waals surface area (Å²) in [7, 11) is 0. The Balaban J connectivity index is 3.41. The number of esters is 1. The Morgan fingerprint density at radius 3 is 1.11 bits per heavy atom. The van der Waals surface area contributed by atoms with Crippen molar-refractivity contribution in [3.05, 3.63) is 12.2 Å². The number of carbonyl (C=O) groups excluding carboxylic acids is 2. The summed E-state index contributed by atoms with van der Waals surface area (Å²) in [6.07, 6.45) is 64.8. The topological polar surface area (TPSA) is 95.9 Å². The number of carbonyl (C=O) groups is 2. The van der Waals surface area contributed by atoms with E-state index in [1.807, 2.05) is 0 Å². The van der Waals surface area contributed by atoms with E-state index in [1.54, 1.807) is 0 Å². The molecule has 0 aromatic carbocycles. The molecular formula is C59H115NO5. The molecule has 0 bridgehead atoms. The van der Waals surface area contributed by atoms with Gasteiger partial charge in [-0.05, 0) is 51.4 Å². The largest absolute Gasteiger partial charge is 0.466 e. The normalized spacial score (nSPS) is 12.6. The van der Waals surface area contributed by atoms with E-state index >= 15 is 0 Å². The van der Waals surface area contributed by atoms with Crippen LogP contribution >= 0.6 is 0 Å². The van der Waals surface area contributed by atoms with E-state index in [-0.39, 0.29) is 18.5 Å². The van der Waals surface area contributed by atoms with Gasteiger partial charge in [0, 0.05) is 12.8 Å². The zero-order chi connectivity index (χ0) is 47.2. The maximum atomic E-state index is 12.5. The predicted molar refractivity (Wildman–Crippen MR) is 283 cm³/mol. The number of unbranched alkanes of at least 4 members (excludes halogenated alkanes) is 42. The number of aliphatic hydroxyl groups is 2. The number of amides is 1. The quantitative estimate of drug-likeness (QED) is 0.0321. The standard InChI is InChI=1S/C59H115NO5/c1-3-5-7-9-11-13-15-17-18-21-24-28-31-35-39-43-47-51-57(62)56(55-61)60-58(63)52-48-44-40-36-32-29-25-22-19-20-23-26-30-34-38-42-46-50-54-65-59(64)53-49-45-41-37-33-27-16-14-12-10-8-6-4-2/h14,16,56-57,61-62H,3-13,15,17-55H2,1-2H3,(H,60,63)/b16-14-. The SMILES string of the molecule is CCCCCC/C=C\CCCCCCCC(=O)OCCCCCCCCCCCCCCCCCCCCC(=O)NC(CO)C(O)CCCCCCCCCCCCCCCCCCC. The van der Waals surface area contributed by atoms with Gasteiger partial charge in [0.2, 0.25) is 5.91 Å². The van der Waals surface area contributed by atoms with Crippen molar-refractivity contribution in [2.75, 3.05) is 13.2 Å². The van der Waals surface area contributed by atoms with Gasteiger partial charge in [0.05, 0.1) is 25.4 Å². The van der Waals surface area contributed by atoms with Crippen LogP contribution in [0.4, 0.5) is 0 Å². The highest BCUT2D eigenvalue weighted by molar-refractivity contribution is 5.76. The smallest absolute Gasteiger partial charge is 0.305 e. The van der Waals surface area contributed by atoms with Crippen LogP contribution in [0.2, 0.25) is 0 Å². The van der Waals surface area contributed by atoms with Gasteiger partial charge in [0.1, 0.15) is 0 Å². The second-order valence-electron chi connectivity index (χ2n) is 20.3. The molecule has 6 nitrogen and oxygen atoms in total. The number of hydrogen-bond donors (Lipinski definition) is 3. The highest BCUT2D eigenvalue weighted by Crippen LogP contribution is 2.18. The Kier molecular flexibility index (Phi) is 54.0. The molecule has 386 valence electrons. The summed E-state index contributed by atoms with van der Waals surface area (Å²) in [5, 5.41) is 23.3. The molecule has 0 aliphatic carbocycles. The third-order valence-electron chi connectivity index (χ3n) is 13.8. The van der Waals surface area contributed by atoms with Crippen molar-refractivity contribution in [2.45, 2.75) is 341 Å². The first kappa shape index (κ1) is 63.6. The summed E-state index contributed by atoms with van der Waals surface area (Å²) in [6.45, 7) is 4.95. The van der Waals surface area contributed by atoms with Crippen molar-refractivity contribution >= 4 is 11.9 Å². The second-order valence-corrected chi connectivity index (χ2v) is 20.3. The van der Waals surface area contributed by atoms with Crippen LogP contribution < -0.4 is 5.32 Å². The molecule has 0 aromatic heterocycles. The van der Waals surface area contributed by atoms with Crippen LogP contribution in [0.3, 0.4) is 0 Å². The predicted octanol–water partition coefficient (Wildman–Crippen LogP) is 18.1. The Morgan fingerprint density at radius 1 is 0.415 bits per heavy atom. The number of allylic oxidation sites excluding steroid dienone is 2. The molecule has 0 saturated heterocycles. The molecule has 0 aliphatic heterocycles. The lowest BCUT2D eigenvalue weighted by Crippen LogP contribution is -2.45. The van der Waals surface area contributed by atoms with Gasteiger partial charge in [0.25, 0.3) is 0 Å². The average molecular weight is 919 g/mol. The zero-order valence-corrected chi connectivity index (χ0v) is 44.0. The van der Waals surface area contributed by atoms with Crippen LogP contribution in [0.1, 0.15) is 328 Å². The maximum Gasteiger partial charge on any atom is 0.305 e. The van der Waals surface area contributed by atoms with Crippen LogP contribution in [0.25, 0.3) is 0 Å². The molecule has 2 atom stereocenters. The van der Waals surface area contributed by atoms with Gasteiger partial charge in [0.15, 0.2) is 0 Å². The third kappa shape index (κ3) is 51.8. The fraction of sp³-hybridized carbons (Fsp3) is 0.932. The number of aliphatic hydroxyl groups excluding tert-OH is 2. The van der Waals surface area contributed by atoms with Crippen molar-refractivity contribution in [3.63, 3.8) is 0 Å². The molecule has 3 N–H and O–H groups in total. The van der Waals surface area contributed by atoms with E-state index in [0.717, 1.165) is 44.9 Å². The fourth-order valence-electron chi connectivity index (χ4n) is 9.28. The molecule has 2 unspecified atom stereocenters. The van der Waals surface area contributed by atoms with Gasteiger partial charge in [-0.25, -0.2) is 0 Å². The monoisotopic (exact) mass is 918 g/mol. The Labute approximate surface area is 406 Å². The van der Waals surface area contributed by atoms with Crippen LogP contribution in [0.15, 0.2) is 12.2 Å². The maximum absolute atomic E-state index is 12.5. The molecule has 0 fully saturated rings. The summed E-state index contributed by atoms with van der Waals surface area (Å²) in [4.78, 5) is 24.5. The lowest BCUT2D eigenvalue weighted by atomic mass is 10.0. The van der Waals surface area contributed by atoms with E-state index < -0.39 is 12.1 Å². The highest BCUT2D eigenvalue weighted by atomic mass is 16.5. The summed E-state index contributed by atoms with van der Waals surface area (Å²) in [5.41, 5.74) is 0. The lowest BCUT2D eigenvalue weighted by molar-refractivity contribution is -0.143. The third-order valence-corrected chi connectivity index (χ3v) is 13.8. The number of rotatable bonds is 55.